The summed E-state index contributed by atoms with van der Waals surface area (Å²) in [5, 5.41) is 10.6. The van der Waals surface area contributed by atoms with E-state index in [1.807, 2.05) is 0 Å². The van der Waals surface area contributed by atoms with Crippen LogP contribution in [-0.2, 0) is 5.66 Å². The highest BCUT2D eigenvalue weighted by molar-refractivity contribution is 6.35. The molecule has 3 nitrogen and oxygen atoms in total. The van der Waals surface area contributed by atoms with E-state index in [0.717, 1.165) is 18.6 Å². The first-order chi connectivity index (χ1) is 12.1. The lowest BCUT2D eigenvalue weighted by Crippen LogP contribution is -2.17. The molecule has 1 aromatic rings. The van der Waals surface area contributed by atoms with Crippen LogP contribution in [0, 0.1) is 11.3 Å². The van der Waals surface area contributed by atoms with Crippen molar-refractivity contribution < 1.29 is 0 Å². The molecular formula is C20H25Cl2N3. The lowest BCUT2D eigenvalue weighted by atomic mass is 10.0. The normalized spacial score (nSPS) is 19.0. The van der Waals surface area contributed by atoms with Gasteiger partial charge < -0.3 is 0 Å². The van der Waals surface area contributed by atoms with Gasteiger partial charge in [0.05, 0.1) is 10.7 Å². The topological polar surface area (TPSA) is 48.5 Å². The Bertz CT molecular complexity index is 676. The van der Waals surface area contributed by atoms with Gasteiger partial charge in [-0.1, -0.05) is 81.1 Å². The Hall–Kier alpha value is -1.37. The van der Waals surface area contributed by atoms with E-state index < -0.39 is 5.66 Å². The molecule has 0 fully saturated rings. The Labute approximate surface area is 160 Å². The molecule has 1 aromatic carbocycles. The largest absolute Gasteiger partial charge is 0.265 e. The number of halogens is 2. The molecule has 0 radical (unpaired) electrons. The summed E-state index contributed by atoms with van der Waals surface area (Å²) in [5.41, 5.74) is 0.207. The van der Waals surface area contributed by atoms with Crippen LogP contribution in [0.5, 0.6) is 0 Å². The third-order valence-corrected chi connectivity index (χ3v) is 5.00. The van der Waals surface area contributed by atoms with Crippen molar-refractivity contribution in [3.63, 3.8) is 0 Å². The van der Waals surface area contributed by atoms with Crippen LogP contribution in [-0.4, -0.2) is 11.9 Å². The Morgan fingerprint density at radius 3 is 2.36 bits per heavy atom. The maximum atomic E-state index is 9.63. The second-order valence-electron chi connectivity index (χ2n) is 6.49. The molecule has 0 aliphatic carbocycles. The number of nitrogens with zero attached hydrogens (tertiary/aromatic N) is 3. The fourth-order valence-electron chi connectivity index (χ4n) is 3.01. The van der Waals surface area contributed by atoms with E-state index in [0.29, 0.717) is 15.6 Å². The molecule has 25 heavy (non-hydrogen) atoms. The smallest absolute Gasteiger partial charge is 0.243 e. The van der Waals surface area contributed by atoms with Crippen molar-refractivity contribution >= 4 is 35.1 Å². The lowest BCUT2D eigenvalue weighted by molar-refractivity contribution is 0.579. The molecule has 1 aliphatic heterocycles. The van der Waals surface area contributed by atoms with Gasteiger partial charge >= 0.3 is 0 Å². The lowest BCUT2D eigenvalue weighted by Gasteiger charge is -2.16. The molecule has 0 saturated carbocycles. The van der Waals surface area contributed by atoms with Gasteiger partial charge in [-0.2, -0.15) is 5.26 Å². The average Bonchev–Trinajstić information content (AvgIpc) is 3.02. The van der Waals surface area contributed by atoms with Crippen molar-refractivity contribution in [3.8, 4) is 6.07 Å². The van der Waals surface area contributed by atoms with Crippen LogP contribution >= 0.6 is 23.2 Å². The molecule has 0 saturated heterocycles. The summed E-state index contributed by atoms with van der Waals surface area (Å²) in [5.74, 6) is 0. The zero-order chi connectivity index (χ0) is 18.1. The predicted molar refractivity (Wildman–Crippen MR) is 107 cm³/mol. The molecule has 0 bridgehead atoms. The van der Waals surface area contributed by atoms with E-state index in [4.69, 9.17) is 23.2 Å². The average molecular weight is 378 g/mol. The minimum absolute atomic E-state index is 0.420. The van der Waals surface area contributed by atoms with Crippen LogP contribution < -0.4 is 0 Å². The van der Waals surface area contributed by atoms with Crippen LogP contribution in [0.15, 0.2) is 28.2 Å². The number of nitriles is 1. The SMILES string of the molecule is CCCCCCCCCCC1=NC(C#N)(c2ccc(Cl)cc2Cl)N=C1. The molecule has 0 spiro atoms. The van der Waals surface area contributed by atoms with Crippen molar-refractivity contribution in [2.75, 3.05) is 0 Å². The maximum Gasteiger partial charge on any atom is 0.265 e. The number of hydrogen-bond acceptors (Lipinski definition) is 3. The highest BCUT2D eigenvalue weighted by Gasteiger charge is 2.36. The summed E-state index contributed by atoms with van der Waals surface area (Å²) in [6.07, 6.45) is 12.7. The number of unbranched alkanes of at least 4 members (excludes halogenated alkanes) is 7. The first-order valence-electron chi connectivity index (χ1n) is 9.12. The first-order valence-corrected chi connectivity index (χ1v) is 9.87. The van der Waals surface area contributed by atoms with Gasteiger partial charge in [0.15, 0.2) is 0 Å². The van der Waals surface area contributed by atoms with Gasteiger partial charge in [-0.3, -0.25) is 0 Å². The molecular weight excluding hydrogens is 353 g/mol. The van der Waals surface area contributed by atoms with Crippen LogP contribution in [0.4, 0.5) is 0 Å². The van der Waals surface area contributed by atoms with Crippen molar-refractivity contribution in [1.82, 2.24) is 0 Å². The van der Waals surface area contributed by atoms with Gasteiger partial charge in [-0.05, 0) is 25.0 Å². The minimum atomic E-state index is -1.25. The number of aliphatic imine (C=N–C) groups is 2. The molecule has 1 aliphatic rings. The van der Waals surface area contributed by atoms with Gasteiger partial charge in [0.1, 0.15) is 6.07 Å². The molecule has 1 atom stereocenters. The third kappa shape index (κ3) is 5.56. The molecule has 5 heteroatoms. The Kier molecular flexibility index (Phi) is 7.93. The highest BCUT2D eigenvalue weighted by atomic mass is 35.5. The highest BCUT2D eigenvalue weighted by Crippen LogP contribution is 2.36. The molecule has 0 amide bonds. The fraction of sp³-hybridized carbons (Fsp3) is 0.550. The van der Waals surface area contributed by atoms with Crippen molar-refractivity contribution in [2.24, 2.45) is 9.98 Å². The van der Waals surface area contributed by atoms with E-state index in [1.54, 1.807) is 24.4 Å². The predicted octanol–water partition coefficient (Wildman–Crippen LogP) is 6.73. The summed E-state index contributed by atoms with van der Waals surface area (Å²) in [7, 11) is 0. The molecule has 2 rings (SSSR count). The standard InChI is InChI=1S/C20H25Cl2N3/c1-2-3-4-5-6-7-8-9-10-17-14-24-20(15-23,25-17)18-12-11-16(21)13-19(18)22/h11-14H,2-10H2,1H3. The van der Waals surface area contributed by atoms with E-state index in [9.17, 15) is 5.26 Å². The zero-order valence-corrected chi connectivity index (χ0v) is 16.3. The molecule has 1 unspecified atom stereocenters. The quantitative estimate of drug-likeness (QED) is 0.417. The fourth-order valence-corrected chi connectivity index (χ4v) is 3.55. The third-order valence-electron chi connectivity index (χ3n) is 4.45. The Balaban J connectivity index is 1.86. The Morgan fingerprint density at radius 2 is 1.72 bits per heavy atom. The van der Waals surface area contributed by atoms with Crippen LogP contribution in [0.2, 0.25) is 10.0 Å². The Morgan fingerprint density at radius 1 is 1.04 bits per heavy atom. The zero-order valence-electron chi connectivity index (χ0n) is 14.8. The summed E-state index contributed by atoms with van der Waals surface area (Å²) < 4.78 is 0. The van der Waals surface area contributed by atoms with Gasteiger partial charge in [0.2, 0.25) is 0 Å². The van der Waals surface area contributed by atoms with Crippen LogP contribution in [0.3, 0.4) is 0 Å². The summed E-state index contributed by atoms with van der Waals surface area (Å²) in [4.78, 5) is 8.92. The minimum Gasteiger partial charge on any atom is -0.243 e. The molecule has 0 N–H and O–H groups in total. The summed E-state index contributed by atoms with van der Waals surface area (Å²) in [6, 6.07) is 7.27. The second-order valence-corrected chi connectivity index (χ2v) is 7.34. The summed E-state index contributed by atoms with van der Waals surface area (Å²) >= 11 is 12.2. The maximum absolute atomic E-state index is 9.63. The van der Waals surface area contributed by atoms with Crippen LogP contribution in [0.25, 0.3) is 0 Å². The van der Waals surface area contributed by atoms with E-state index in [-0.39, 0.29) is 0 Å². The number of rotatable bonds is 10. The molecule has 1 heterocycles. The monoisotopic (exact) mass is 377 g/mol. The van der Waals surface area contributed by atoms with E-state index >= 15 is 0 Å². The van der Waals surface area contributed by atoms with E-state index in [2.05, 4.69) is 23.0 Å². The number of hydrogen-bond donors (Lipinski definition) is 0. The van der Waals surface area contributed by atoms with Crippen molar-refractivity contribution in [3.05, 3.63) is 33.8 Å². The van der Waals surface area contributed by atoms with Gasteiger partial charge in [-0.15, -0.1) is 0 Å². The van der Waals surface area contributed by atoms with Gasteiger partial charge in [-0.25, -0.2) is 9.98 Å². The van der Waals surface area contributed by atoms with Crippen molar-refractivity contribution in [1.29, 1.82) is 5.26 Å². The van der Waals surface area contributed by atoms with E-state index in [1.165, 1.54) is 44.9 Å². The van der Waals surface area contributed by atoms with Gasteiger partial charge in [0, 0.05) is 16.8 Å². The number of benzene rings is 1. The van der Waals surface area contributed by atoms with Crippen molar-refractivity contribution in [2.45, 2.75) is 70.4 Å². The van der Waals surface area contributed by atoms with Gasteiger partial charge in [0.25, 0.3) is 5.66 Å². The first kappa shape index (κ1) is 19.9. The second kappa shape index (κ2) is 9.94. The summed E-state index contributed by atoms with van der Waals surface area (Å²) in [6.45, 7) is 2.24. The van der Waals surface area contributed by atoms with Crippen LogP contribution in [0.1, 0.15) is 70.3 Å². The molecule has 0 aromatic heterocycles. The molecule has 134 valence electrons.